The molecular weight excluding hydrogens is 388 g/mol. The van der Waals surface area contributed by atoms with Crippen LogP contribution in [0.4, 0.5) is 0 Å². The second kappa shape index (κ2) is 8.88. The average Bonchev–Trinajstić information content (AvgIpc) is 3.22. The van der Waals surface area contributed by atoms with Crippen molar-refractivity contribution in [3.8, 4) is 0 Å². The quantitative estimate of drug-likeness (QED) is 0.455. The number of nitrogens with one attached hydrogen (secondary N) is 1. The second-order valence-corrected chi connectivity index (χ2v) is 7.48. The molecule has 0 aliphatic carbocycles. The highest BCUT2D eigenvalue weighted by Gasteiger charge is 2.17. The van der Waals surface area contributed by atoms with Crippen LogP contribution in [0.2, 0.25) is 0 Å². The fourth-order valence-electron chi connectivity index (χ4n) is 3.74. The molecule has 0 unspecified atom stereocenters. The summed E-state index contributed by atoms with van der Waals surface area (Å²) in [5.41, 5.74) is 4.11. The van der Waals surface area contributed by atoms with Crippen LogP contribution in [-0.2, 0) is 11.3 Å². The number of para-hydroxylation sites is 1. The predicted molar refractivity (Wildman–Crippen MR) is 121 cm³/mol. The number of rotatable bonds is 6. The van der Waals surface area contributed by atoms with E-state index in [1.165, 1.54) is 12.7 Å². The van der Waals surface area contributed by atoms with Gasteiger partial charge in [-0.3, -0.25) is 4.79 Å². The maximum absolute atomic E-state index is 13.2. The van der Waals surface area contributed by atoms with E-state index in [9.17, 15) is 9.59 Å². The molecule has 1 atom stereocenters. The first kappa shape index (κ1) is 20.4. The van der Waals surface area contributed by atoms with Gasteiger partial charge in [0.15, 0.2) is 0 Å². The van der Waals surface area contributed by atoms with Crippen molar-refractivity contribution < 1.29 is 14.3 Å². The first-order valence-electron chi connectivity index (χ1n) is 10.2. The van der Waals surface area contributed by atoms with Crippen molar-refractivity contribution in [1.29, 1.82) is 0 Å². The molecule has 4 aromatic rings. The molecule has 4 rings (SSSR count). The normalized spacial score (nSPS) is 11.8. The van der Waals surface area contributed by atoms with Gasteiger partial charge in [-0.1, -0.05) is 54.6 Å². The zero-order chi connectivity index (χ0) is 21.8. The van der Waals surface area contributed by atoms with Crippen molar-refractivity contribution in [2.75, 3.05) is 7.11 Å². The lowest BCUT2D eigenvalue weighted by Gasteiger charge is -2.16. The zero-order valence-electron chi connectivity index (χ0n) is 17.5. The Bertz CT molecular complexity index is 1210. The van der Waals surface area contributed by atoms with E-state index in [-0.39, 0.29) is 17.9 Å². The summed E-state index contributed by atoms with van der Waals surface area (Å²) in [6.45, 7) is 2.62. The first-order valence-corrected chi connectivity index (χ1v) is 10.2. The van der Waals surface area contributed by atoms with Crippen LogP contribution in [0.3, 0.4) is 0 Å². The summed E-state index contributed by atoms with van der Waals surface area (Å²) in [6, 6.07) is 24.8. The minimum absolute atomic E-state index is 0.136. The maximum Gasteiger partial charge on any atom is 0.337 e. The first-order chi connectivity index (χ1) is 15.1. The highest BCUT2D eigenvalue weighted by atomic mass is 16.5. The van der Waals surface area contributed by atoms with Gasteiger partial charge in [0.05, 0.1) is 29.8 Å². The molecule has 0 bridgehead atoms. The smallest absolute Gasteiger partial charge is 0.337 e. The number of carbonyl (C=O) groups is 2. The summed E-state index contributed by atoms with van der Waals surface area (Å²) >= 11 is 0. The minimum atomic E-state index is -0.380. The van der Waals surface area contributed by atoms with E-state index in [1.54, 1.807) is 12.1 Å². The molecule has 0 aliphatic rings. The summed E-state index contributed by atoms with van der Waals surface area (Å²) in [5, 5.41) is 4.11. The molecule has 31 heavy (non-hydrogen) atoms. The number of esters is 1. The van der Waals surface area contributed by atoms with Crippen molar-refractivity contribution in [3.05, 3.63) is 107 Å². The van der Waals surface area contributed by atoms with E-state index in [0.29, 0.717) is 17.7 Å². The molecule has 0 spiro atoms. The number of hydrogen-bond donors (Lipinski definition) is 1. The standard InChI is InChI=1S/C26H24N2O3/c1-18(20-11-13-22(14-12-20)26(30)31-2)27-25(29)23-10-6-9-21-15-16-28(24(21)23)17-19-7-4-3-5-8-19/h3-16,18H,17H2,1-2H3,(H,27,29)/t18-/m0/s1. The predicted octanol–water partition coefficient (Wildman–Crippen LogP) is 4.97. The van der Waals surface area contributed by atoms with Crippen LogP contribution in [0.1, 0.15) is 44.8 Å². The van der Waals surface area contributed by atoms with Crippen LogP contribution < -0.4 is 5.32 Å². The average molecular weight is 412 g/mol. The van der Waals surface area contributed by atoms with Crippen LogP contribution in [0.5, 0.6) is 0 Å². The molecule has 3 aromatic carbocycles. The largest absolute Gasteiger partial charge is 0.465 e. The molecule has 0 saturated heterocycles. The third-order valence-corrected chi connectivity index (χ3v) is 5.41. The fourth-order valence-corrected chi connectivity index (χ4v) is 3.74. The van der Waals surface area contributed by atoms with Crippen molar-refractivity contribution in [2.45, 2.75) is 19.5 Å². The summed E-state index contributed by atoms with van der Waals surface area (Å²) in [5.74, 6) is -0.516. The Morgan fingerprint density at radius 2 is 1.68 bits per heavy atom. The minimum Gasteiger partial charge on any atom is -0.465 e. The van der Waals surface area contributed by atoms with Crippen molar-refractivity contribution in [3.63, 3.8) is 0 Å². The SMILES string of the molecule is COC(=O)c1ccc([C@H](C)NC(=O)c2cccc3ccn(Cc4ccccc4)c23)cc1. The molecule has 1 aromatic heterocycles. The lowest BCUT2D eigenvalue weighted by atomic mass is 10.0. The number of amides is 1. The number of nitrogens with zero attached hydrogens (tertiary/aromatic N) is 1. The Labute approximate surface area is 181 Å². The van der Waals surface area contributed by atoms with Crippen LogP contribution in [-0.4, -0.2) is 23.6 Å². The molecule has 5 nitrogen and oxygen atoms in total. The van der Waals surface area contributed by atoms with Gasteiger partial charge in [0.2, 0.25) is 0 Å². The molecule has 1 heterocycles. The fraction of sp³-hybridized carbons (Fsp3) is 0.154. The number of fused-ring (bicyclic) bond motifs is 1. The Morgan fingerprint density at radius 1 is 0.935 bits per heavy atom. The monoisotopic (exact) mass is 412 g/mol. The van der Waals surface area contributed by atoms with E-state index < -0.39 is 0 Å². The van der Waals surface area contributed by atoms with Gasteiger partial charge in [-0.05, 0) is 42.3 Å². The molecule has 0 aliphatic heterocycles. The summed E-state index contributed by atoms with van der Waals surface area (Å²) < 4.78 is 6.84. The van der Waals surface area contributed by atoms with E-state index in [4.69, 9.17) is 4.74 Å². The maximum atomic E-state index is 13.2. The van der Waals surface area contributed by atoms with Crippen molar-refractivity contribution >= 4 is 22.8 Å². The molecule has 0 radical (unpaired) electrons. The van der Waals surface area contributed by atoms with E-state index in [0.717, 1.165) is 16.5 Å². The summed E-state index contributed by atoms with van der Waals surface area (Å²) in [6.07, 6.45) is 2.02. The van der Waals surface area contributed by atoms with E-state index in [2.05, 4.69) is 22.0 Å². The molecule has 0 saturated carbocycles. The zero-order valence-corrected chi connectivity index (χ0v) is 17.5. The Kier molecular flexibility index (Phi) is 5.85. The van der Waals surface area contributed by atoms with Gasteiger partial charge in [0, 0.05) is 18.1 Å². The van der Waals surface area contributed by atoms with Gasteiger partial charge >= 0.3 is 5.97 Å². The highest BCUT2D eigenvalue weighted by Crippen LogP contribution is 2.23. The van der Waals surface area contributed by atoms with Crippen LogP contribution in [0.15, 0.2) is 85.1 Å². The third kappa shape index (κ3) is 4.36. The summed E-state index contributed by atoms with van der Waals surface area (Å²) in [7, 11) is 1.35. The van der Waals surface area contributed by atoms with Crippen LogP contribution in [0, 0.1) is 0 Å². The lowest BCUT2D eigenvalue weighted by Crippen LogP contribution is -2.27. The molecule has 1 amide bonds. The van der Waals surface area contributed by atoms with Crippen LogP contribution >= 0.6 is 0 Å². The third-order valence-electron chi connectivity index (χ3n) is 5.41. The van der Waals surface area contributed by atoms with Crippen molar-refractivity contribution in [1.82, 2.24) is 9.88 Å². The van der Waals surface area contributed by atoms with Gasteiger partial charge < -0.3 is 14.6 Å². The van der Waals surface area contributed by atoms with Gasteiger partial charge in [0.25, 0.3) is 5.91 Å². The number of benzene rings is 3. The van der Waals surface area contributed by atoms with Gasteiger partial charge in [-0.2, -0.15) is 0 Å². The molecule has 156 valence electrons. The lowest BCUT2D eigenvalue weighted by molar-refractivity contribution is 0.0600. The molecule has 0 fully saturated rings. The summed E-state index contributed by atoms with van der Waals surface area (Å²) in [4.78, 5) is 24.8. The Morgan fingerprint density at radius 3 is 2.39 bits per heavy atom. The molecule has 1 N–H and O–H groups in total. The van der Waals surface area contributed by atoms with Gasteiger partial charge in [-0.15, -0.1) is 0 Å². The number of methoxy groups -OCH3 is 1. The molecular formula is C26H24N2O3. The van der Waals surface area contributed by atoms with Crippen molar-refractivity contribution in [2.24, 2.45) is 0 Å². The highest BCUT2D eigenvalue weighted by molar-refractivity contribution is 6.06. The second-order valence-electron chi connectivity index (χ2n) is 7.48. The molecule has 5 heteroatoms. The topological polar surface area (TPSA) is 60.3 Å². The number of ether oxygens (including phenoxy) is 1. The Balaban J connectivity index is 1.57. The number of hydrogen-bond acceptors (Lipinski definition) is 3. The van der Waals surface area contributed by atoms with E-state index in [1.807, 2.05) is 67.7 Å². The number of carbonyl (C=O) groups excluding carboxylic acids is 2. The van der Waals surface area contributed by atoms with Gasteiger partial charge in [-0.25, -0.2) is 4.79 Å². The Hall–Kier alpha value is -3.86. The van der Waals surface area contributed by atoms with Gasteiger partial charge in [0.1, 0.15) is 0 Å². The van der Waals surface area contributed by atoms with E-state index >= 15 is 0 Å². The van der Waals surface area contributed by atoms with Crippen LogP contribution in [0.25, 0.3) is 10.9 Å². The number of aromatic nitrogens is 1.